The van der Waals surface area contributed by atoms with Gasteiger partial charge in [-0.2, -0.15) is 4.98 Å². The summed E-state index contributed by atoms with van der Waals surface area (Å²) in [6.45, 7) is 4.64. The van der Waals surface area contributed by atoms with Crippen molar-refractivity contribution in [1.29, 1.82) is 0 Å². The SMILES string of the molecule is CC1(C)c2ccccc2-c2cc3c4ccccc4n(-c4nc(-c5ccccc5)c5c(n4)oc4ccccc45)c3cc21. The molecule has 0 bridgehead atoms. The van der Waals surface area contributed by atoms with Gasteiger partial charge in [0.15, 0.2) is 0 Å². The first-order valence-corrected chi connectivity index (χ1v) is 14.0. The van der Waals surface area contributed by atoms with Gasteiger partial charge >= 0.3 is 0 Å². The molecule has 194 valence electrons. The Morgan fingerprint density at radius 1 is 0.610 bits per heavy atom. The molecular formula is C37H25N3O. The monoisotopic (exact) mass is 527 g/mol. The van der Waals surface area contributed by atoms with Gasteiger partial charge in [-0.15, -0.1) is 0 Å². The predicted octanol–water partition coefficient (Wildman–Crippen LogP) is 9.45. The second-order valence-corrected chi connectivity index (χ2v) is 11.5. The molecule has 0 saturated heterocycles. The van der Waals surface area contributed by atoms with Gasteiger partial charge in [0.1, 0.15) is 5.58 Å². The van der Waals surface area contributed by atoms with E-state index in [4.69, 9.17) is 14.4 Å². The Morgan fingerprint density at radius 2 is 1.34 bits per heavy atom. The third kappa shape index (κ3) is 2.99. The molecule has 0 radical (unpaired) electrons. The van der Waals surface area contributed by atoms with Crippen LogP contribution in [0, 0.1) is 0 Å². The molecule has 0 aliphatic heterocycles. The lowest BCUT2D eigenvalue weighted by Crippen LogP contribution is -2.15. The lowest BCUT2D eigenvalue weighted by Gasteiger charge is -2.21. The Balaban J connectivity index is 1.41. The van der Waals surface area contributed by atoms with Gasteiger partial charge in [0.2, 0.25) is 11.7 Å². The van der Waals surface area contributed by atoms with Crippen molar-refractivity contribution in [2.75, 3.05) is 0 Å². The van der Waals surface area contributed by atoms with Gasteiger partial charge in [-0.05, 0) is 46.5 Å². The quantitative estimate of drug-likeness (QED) is 0.225. The summed E-state index contributed by atoms with van der Waals surface area (Å²) in [7, 11) is 0. The van der Waals surface area contributed by atoms with Crippen LogP contribution in [0.4, 0.5) is 0 Å². The summed E-state index contributed by atoms with van der Waals surface area (Å²) < 4.78 is 8.57. The molecule has 0 N–H and O–H groups in total. The maximum Gasteiger partial charge on any atom is 0.238 e. The highest BCUT2D eigenvalue weighted by molar-refractivity contribution is 6.13. The van der Waals surface area contributed by atoms with E-state index in [1.54, 1.807) is 0 Å². The summed E-state index contributed by atoms with van der Waals surface area (Å²) in [6, 6.07) is 40.5. The molecule has 41 heavy (non-hydrogen) atoms. The highest BCUT2D eigenvalue weighted by atomic mass is 16.3. The number of aromatic nitrogens is 3. The van der Waals surface area contributed by atoms with Crippen LogP contribution in [0.15, 0.2) is 120 Å². The zero-order valence-corrected chi connectivity index (χ0v) is 22.7. The Bertz CT molecular complexity index is 2340. The molecule has 0 spiro atoms. The Kier molecular flexibility index (Phi) is 4.36. The first kappa shape index (κ1) is 22.6. The molecule has 0 fully saturated rings. The summed E-state index contributed by atoms with van der Waals surface area (Å²) >= 11 is 0. The van der Waals surface area contributed by atoms with Gasteiger partial charge in [-0.25, -0.2) is 4.98 Å². The fourth-order valence-corrected chi connectivity index (χ4v) is 6.90. The molecule has 3 heterocycles. The van der Waals surface area contributed by atoms with E-state index in [0.29, 0.717) is 11.7 Å². The van der Waals surface area contributed by atoms with Crippen LogP contribution in [-0.4, -0.2) is 14.5 Å². The van der Waals surface area contributed by atoms with Crippen LogP contribution in [0.2, 0.25) is 0 Å². The zero-order valence-electron chi connectivity index (χ0n) is 22.7. The molecule has 0 amide bonds. The van der Waals surface area contributed by atoms with Gasteiger partial charge in [-0.3, -0.25) is 4.57 Å². The lowest BCUT2D eigenvalue weighted by atomic mass is 9.82. The molecular weight excluding hydrogens is 502 g/mol. The van der Waals surface area contributed by atoms with Crippen molar-refractivity contribution in [3.63, 3.8) is 0 Å². The highest BCUT2D eigenvalue weighted by Gasteiger charge is 2.36. The second-order valence-electron chi connectivity index (χ2n) is 11.5. The number of hydrogen-bond donors (Lipinski definition) is 0. The van der Waals surface area contributed by atoms with Crippen LogP contribution in [0.5, 0.6) is 0 Å². The Labute approximate surface area is 236 Å². The van der Waals surface area contributed by atoms with Gasteiger partial charge < -0.3 is 4.42 Å². The van der Waals surface area contributed by atoms with E-state index in [1.165, 1.54) is 33.0 Å². The molecule has 1 aliphatic carbocycles. The molecule has 3 aromatic heterocycles. The average molecular weight is 528 g/mol. The number of furan rings is 1. The van der Waals surface area contributed by atoms with Crippen molar-refractivity contribution in [2.45, 2.75) is 19.3 Å². The summed E-state index contributed by atoms with van der Waals surface area (Å²) in [5, 5.41) is 4.34. The van der Waals surface area contributed by atoms with Crippen molar-refractivity contribution in [3.05, 3.63) is 126 Å². The van der Waals surface area contributed by atoms with Crippen molar-refractivity contribution < 1.29 is 4.42 Å². The third-order valence-electron chi connectivity index (χ3n) is 8.85. The Hall–Kier alpha value is -5.22. The zero-order chi connectivity index (χ0) is 27.3. The van der Waals surface area contributed by atoms with Crippen LogP contribution in [0.3, 0.4) is 0 Å². The van der Waals surface area contributed by atoms with Crippen molar-refractivity contribution in [2.24, 2.45) is 0 Å². The third-order valence-corrected chi connectivity index (χ3v) is 8.85. The van der Waals surface area contributed by atoms with Crippen LogP contribution in [0.25, 0.3) is 72.2 Å². The number of nitrogens with zero attached hydrogens (tertiary/aromatic N) is 3. The molecule has 1 aliphatic rings. The molecule has 9 rings (SSSR count). The fourth-order valence-electron chi connectivity index (χ4n) is 6.90. The van der Waals surface area contributed by atoms with Crippen LogP contribution < -0.4 is 0 Å². The van der Waals surface area contributed by atoms with E-state index in [9.17, 15) is 0 Å². The van der Waals surface area contributed by atoms with Gasteiger partial charge in [0.05, 0.1) is 22.1 Å². The largest absolute Gasteiger partial charge is 0.437 e. The normalized spacial score (nSPS) is 13.8. The predicted molar refractivity (Wildman–Crippen MR) is 167 cm³/mol. The number of benzene rings is 5. The van der Waals surface area contributed by atoms with Gasteiger partial charge in [0, 0.05) is 27.1 Å². The Morgan fingerprint density at radius 3 is 2.22 bits per heavy atom. The van der Waals surface area contributed by atoms with Crippen LogP contribution >= 0.6 is 0 Å². The fraction of sp³-hybridized carbons (Fsp3) is 0.0811. The van der Waals surface area contributed by atoms with Gasteiger partial charge in [-0.1, -0.05) is 105 Å². The summed E-state index contributed by atoms with van der Waals surface area (Å²) in [5.74, 6) is 0.606. The molecule has 5 aromatic carbocycles. The molecule has 0 atom stereocenters. The molecule has 4 heteroatoms. The van der Waals surface area contributed by atoms with Crippen LogP contribution in [-0.2, 0) is 5.41 Å². The minimum atomic E-state index is -0.111. The molecule has 0 unspecified atom stereocenters. The van der Waals surface area contributed by atoms with Crippen LogP contribution in [0.1, 0.15) is 25.0 Å². The van der Waals surface area contributed by atoms with Gasteiger partial charge in [0.25, 0.3) is 0 Å². The topological polar surface area (TPSA) is 43.9 Å². The van der Waals surface area contributed by atoms with Crippen molar-refractivity contribution in [3.8, 4) is 28.3 Å². The minimum Gasteiger partial charge on any atom is -0.437 e. The van der Waals surface area contributed by atoms with Crippen molar-refractivity contribution in [1.82, 2.24) is 14.5 Å². The average Bonchev–Trinajstić information content (AvgIpc) is 3.62. The van der Waals surface area contributed by atoms with E-state index >= 15 is 0 Å². The van der Waals surface area contributed by atoms with E-state index in [1.807, 2.05) is 24.3 Å². The smallest absolute Gasteiger partial charge is 0.238 e. The summed E-state index contributed by atoms with van der Waals surface area (Å²) in [6.07, 6.45) is 0. The minimum absolute atomic E-state index is 0.111. The van der Waals surface area contributed by atoms with E-state index in [2.05, 4.69) is 109 Å². The van der Waals surface area contributed by atoms with E-state index in [-0.39, 0.29) is 5.41 Å². The summed E-state index contributed by atoms with van der Waals surface area (Å²) in [5.41, 5.74) is 10.7. The highest BCUT2D eigenvalue weighted by Crippen LogP contribution is 2.51. The number of fused-ring (bicyclic) bond motifs is 9. The first-order chi connectivity index (χ1) is 20.1. The maximum absolute atomic E-state index is 6.36. The molecule has 8 aromatic rings. The number of hydrogen-bond acceptors (Lipinski definition) is 3. The summed E-state index contributed by atoms with van der Waals surface area (Å²) in [4.78, 5) is 10.4. The molecule has 0 saturated carbocycles. The van der Waals surface area contributed by atoms with E-state index < -0.39 is 0 Å². The number of para-hydroxylation sites is 2. The van der Waals surface area contributed by atoms with Crippen molar-refractivity contribution >= 4 is 43.9 Å². The van der Waals surface area contributed by atoms with E-state index in [0.717, 1.165) is 38.6 Å². The first-order valence-electron chi connectivity index (χ1n) is 14.0. The standard InChI is InChI=1S/C37H25N3O/c1-37(2)28-17-9-6-14-23(28)26-20-27-24-15-7-10-18-30(24)40(31(27)21-29(26)37)36-38-34(22-12-4-3-5-13-22)33-25-16-8-11-19-32(25)41-35(33)39-36/h3-21H,1-2H3. The number of rotatable bonds is 2. The second kappa shape index (κ2) is 7.92. The lowest BCUT2D eigenvalue weighted by molar-refractivity contribution is 0.651. The maximum atomic E-state index is 6.36. The molecule has 4 nitrogen and oxygen atoms in total.